The Kier molecular flexibility index (Phi) is 3.08. The average Bonchev–Trinajstić information content (AvgIpc) is 3.20. The van der Waals surface area contributed by atoms with Gasteiger partial charge in [0.2, 0.25) is 5.91 Å². The molecular formula is C16H22N4O. The minimum atomic E-state index is 0.293. The molecule has 1 aromatic heterocycles. The predicted octanol–water partition coefficient (Wildman–Crippen LogP) is 1.80. The maximum atomic E-state index is 12.2. The molecule has 4 rings (SSSR count). The molecule has 0 bridgehead atoms. The Hall–Kier alpha value is -1.65. The van der Waals surface area contributed by atoms with Gasteiger partial charge >= 0.3 is 0 Å². The van der Waals surface area contributed by atoms with Crippen LogP contribution >= 0.6 is 0 Å². The molecule has 0 aromatic carbocycles. The lowest BCUT2D eigenvalue weighted by Gasteiger charge is -2.45. The van der Waals surface area contributed by atoms with Crippen molar-refractivity contribution in [2.24, 2.45) is 5.92 Å². The van der Waals surface area contributed by atoms with E-state index in [0.29, 0.717) is 23.8 Å². The summed E-state index contributed by atoms with van der Waals surface area (Å²) in [6.07, 6.45) is 5.88. The Morgan fingerprint density at radius 2 is 1.95 bits per heavy atom. The first-order valence-electron chi connectivity index (χ1n) is 8.07. The quantitative estimate of drug-likeness (QED) is 0.847. The number of nitrogens with zero attached hydrogens (tertiary/aromatic N) is 4. The molecule has 1 aliphatic heterocycles. The monoisotopic (exact) mass is 286 g/mol. The lowest BCUT2D eigenvalue weighted by molar-refractivity contribution is -0.139. The lowest BCUT2D eigenvalue weighted by Crippen LogP contribution is -2.61. The van der Waals surface area contributed by atoms with Gasteiger partial charge in [0.1, 0.15) is 0 Å². The SMILES string of the molecule is CN(C(=O)C1CCC1)C1CN(c2ccc(C3CC3)nn2)C1. The molecule has 2 saturated carbocycles. The van der Waals surface area contributed by atoms with Crippen LogP contribution in [0.4, 0.5) is 5.82 Å². The number of rotatable bonds is 4. The van der Waals surface area contributed by atoms with Gasteiger partial charge in [-0.2, -0.15) is 5.10 Å². The maximum Gasteiger partial charge on any atom is 0.225 e. The molecule has 5 heteroatoms. The first kappa shape index (κ1) is 13.0. The van der Waals surface area contributed by atoms with Crippen molar-refractivity contribution in [3.63, 3.8) is 0 Å². The highest BCUT2D eigenvalue weighted by Gasteiger charge is 2.37. The number of anilines is 1. The van der Waals surface area contributed by atoms with Crippen LogP contribution in [-0.4, -0.2) is 47.2 Å². The van der Waals surface area contributed by atoms with Gasteiger partial charge in [0.05, 0.1) is 11.7 Å². The second-order valence-electron chi connectivity index (χ2n) is 6.73. The van der Waals surface area contributed by atoms with Gasteiger partial charge in [-0.25, -0.2) is 0 Å². The minimum absolute atomic E-state index is 0.293. The number of aromatic nitrogens is 2. The summed E-state index contributed by atoms with van der Waals surface area (Å²) in [5.41, 5.74) is 1.13. The van der Waals surface area contributed by atoms with Gasteiger partial charge in [-0.05, 0) is 37.8 Å². The number of carbonyl (C=O) groups is 1. The Labute approximate surface area is 125 Å². The Morgan fingerprint density at radius 1 is 1.19 bits per heavy atom. The third-order valence-electron chi connectivity index (χ3n) is 5.20. The zero-order chi connectivity index (χ0) is 14.4. The molecule has 0 spiro atoms. The lowest BCUT2D eigenvalue weighted by atomic mass is 9.84. The molecule has 2 heterocycles. The molecule has 1 amide bonds. The summed E-state index contributed by atoms with van der Waals surface area (Å²) < 4.78 is 0. The van der Waals surface area contributed by atoms with E-state index in [0.717, 1.165) is 37.4 Å². The van der Waals surface area contributed by atoms with Crippen molar-refractivity contribution in [2.75, 3.05) is 25.0 Å². The van der Waals surface area contributed by atoms with Gasteiger partial charge in [0.15, 0.2) is 5.82 Å². The van der Waals surface area contributed by atoms with Crippen molar-refractivity contribution in [3.8, 4) is 0 Å². The van der Waals surface area contributed by atoms with Crippen LogP contribution in [0.5, 0.6) is 0 Å². The van der Waals surface area contributed by atoms with E-state index < -0.39 is 0 Å². The maximum absolute atomic E-state index is 12.2. The van der Waals surface area contributed by atoms with Gasteiger partial charge in [-0.1, -0.05) is 6.42 Å². The van der Waals surface area contributed by atoms with E-state index in [1.165, 1.54) is 19.3 Å². The second-order valence-corrected chi connectivity index (χ2v) is 6.73. The van der Waals surface area contributed by atoms with Crippen molar-refractivity contribution in [1.29, 1.82) is 0 Å². The molecule has 0 radical (unpaired) electrons. The van der Waals surface area contributed by atoms with Crippen molar-refractivity contribution < 1.29 is 4.79 Å². The van der Waals surface area contributed by atoms with Gasteiger partial charge in [-0.3, -0.25) is 4.79 Å². The Bertz CT molecular complexity index is 530. The van der Waals surface area contributed by atoms with Gasteiger partial charge in [0.25, 0.3) is 0 Å². The predicted molar refractivity (Wildman–Crippen MR) is 80.1 cm³/mol. The second kappa shape index (κ2) is 4.97. The molecule has 1 saturated heterocycles. The molecule has 0 N–H and O–H groups in total. The summed E-state index contributed by atoms with van der Waals surface area (Å²) in [6.45, 7) is 1.76. The Morgan fingerprint density at radius 3 is 2.48 bits per heavy atom. The highest BCUT2D eigenvalue weighted by atomic mass is 16.2. The van der Waals surface area contributed by atoms with Gasteiger partial charge < -0.3 is 9.80 Å². The molecule has 0 unspecified atom stereocenters. The number of hydrogen-bond acceptors (Lipinski definition) is 4. The Balaban J connectivity index is 1.32. The van der Waals surface area contributed by atoms with E-state index in [1.54, 1.807) is 0 Å². The number of hydrogen-bond donors (Lipinski definition) is 0. The number of amides is 1. The third kappa shape index (κ3) is 2.39. The van der Waals surface area contributed by atoms with Crippen LogP contribution in [0.3, 0.4) is 0 Å². The molecule has 5 nitrogen and oxygen atoms in total. The molecule has 3 aliphatic rings. The fourth-order valence-corrected chi connectivity index (χ4v) is 3.11. The fraction of sp³-hybridized carbons (Fsp3) is 0.688. The van der Waals surface area contributed by atoms with E-state index in [-0.39, 0.29) is 0 Å². The van der Waals surface area contributed by atoms with Gasteiger partial charge in [-0.15, -0.1) is 5.10 Å². The van der Waals surface area contributed by atoms with Crippen molar-refractivity contribution in [1.82, 2.24) is 15.1 Å². The standard InChI is InChI=1S/C16H22N4O/c1-19(16(21)12-3-2-4-12)13-9-20(10-13)15-8-7-14(17-18-15)11-5-6-11/h7-8,11-13H,2-6,9-10H2,1H3. The van der Waals surface area contributed by atoms with E-state index in [2.05, 4.69) is 27.2 Å². The first-order valence-corrected chi connectivity index (χ1v) is 8.07. The summed E-state index contributed by atoms with van der Waals surface area (Å²) in [5.74, 6) is 2.23. The highest BCUT2D eigenvalue weighted by molar-refractivity contribution is 5.80. The minimum Gasteiger partial charge on any atom is -0.351 e. The van der Waals surface area contributed by atoms with Crippen molar-refractivity contribution >= 4 is 11.7 Å². The molecule has 112 valence electrons. The summed E-state index contributed by atoms with van der Waals surface area (Å²) in [6, 6.07) is 4.52. The van der Waals surface area contributed by atoms with E-state index >= 15 is 0 Å². The normalized spacial score (nSPS) is 22.6. The molecule has 1 aromatic rings. The zero-order valence-electron chi connectivity index (χ0n) is 12.5. The number of likely N-dealkylation sites (N-methyl/N-ethyl adjacent to an activating group) is 1. The summed E-state index contributed by atoms with van der Waals surface area (Å²) in [5, 5.41) is 8.66. The van der Waals surface area contributed by atoms with Crippen LogP contribution in [-0.2, 0) is 4.79 Å². The van der Waals surface area contributed by atoms with Crippen molar-refractivity contribution in [2.45, 2.75) is 44.1 Å². The molecule has 3 fully saturated rings. The van der Waals surface area contributed by atoms with Crippen LogP contribution in [0.1, 0.15) is 43.7 Å². The summed E-state index contributed by atoms with van der Waals surface area (Å²) in [4.78, 5) is 16.4. The van der Waals surface area contributed by atoms with Crippen LogP contribution in [0.25, 0.3) is 0 Å². The molecule has 2 aliphatic carbocycles. The number of carbonyl (C=O) groups excluding carboxylic acids is 1. The zero-order valence-corrected chi connectivity index (χ0v) is 12.5. The highest BCUT2D eigenvalue weighted by Crippen LogP contribution is 2.39. The first-order chi connectivity index (χ1) is 10.2. The van der Waals surface area contributed by atoms with E-state index in [9.17, 15) is 4.79 Å². The molecule has 21 heavy (non-hydrogen) atoms. The fourth-order valence-electron chi connectivity index (χ4n) is 3.11. The van der Waals surface area contributed by atoms with Crippen LogP contribution < -0.4 is 4.90 Å². The summed E-state index contributed by atoms with van der Waals surface area (Å²) in [7, 11) is 1.95. The van der Waals surface area contributed by atoms with Crippen LogP contribution in [0.15, 0.2) is 12.1 Å². The molecular weight excluding hydrogens is 264 g/mol. The van der Waals surface area contributed by atoms with E-state index in [1.807, 2.05) is 11.9 Å². The van der Waals surface area contributed by atoms with Crippen LogP contribution in [0.2, 0.25) is 0 Å². The average molecular weight is 286 g/mol. The van der Waals surface area contributed by atoms with Crippen LogP contribution in [0, 0.1) is 5.92 Å². The third-order valence-corrected chi connectivity index (χ3v) is 5.20. The smallest absolute Gasteiger partial charge is 0.225 e. The van der Waals surface area contributed by atoms with Gasteiger partial charge in [0, 0.05) is 32.0 Å². The molecule has 0 atom stereocenters. The summed E-state index contributed by atoms with van der Waals surface area (Å²) >= 11 is 0. The topological polar surface area (TPSA) is 49.3 Å². The van der Waals surface area contributed by atoms with E-state index in [4.69, 9.17) is 0 Å². The largest absolute Gasteiger partial charge is 0.351 e. The van der Waals surface area contributed by atoms with Crippen molar-refractivity contribution in [3.05, 3.63) is 17.8 Å².